The van der Waals surface area contributed by atoms with E-state index in [1.807, 2.05) is 0 Å². The normalized spacial score (nSPS) is 11.0. The quantitative estimate of drug-likeness (QED) is 0.582. The molecule has 0 atom stereocenters. The smallest absolute Gasteiger partial charge is 0.413 e. The van der Waals surface area contributed by atoms with Gasteiger partial charge in [0.05, 0.1) is 6.61 Å². The van der Waals surface area contributed by atoms with Gasteiger partial charge < -0.3 is 14.9 Å². The summed E-state index contributed by atoms with van der Waals surface area (Å²) in [6, 6.07) is 6.60. The third kappa shape index (κ3) is 3.96. The van der Waals surface area contributed by atoms with Crippen LogP contribution in [0.25, 0.3) is 0 Å². The van der Waals surface area contributed by atoms with Gasteiger partial charge in [0.2, 0.25) is 0 Å². The number of hydrogen-bond donors (Lipinski definition) is 3. The standard InChI is InChI=1S/C14H20N2O4/c1-14(2,3)16(13(18)19)12(15)10-5-4-6-11(9-10)20-8-7-17/h4-6,9,15,17H,7-8H2,1-3H3,(H,18,19). The first kappa shape index (κ1) is 16.0. The lowest BCUT2D eigenvalue weighted by Crippen LogP contribution is -2.48. The Morgan fingerprint density at radius 3 is 2.55 bits per heavy atom. The summed E-state index contributed by atoms with van der Waals surface area (Å²) >= 11 is 0. The molecule has 0 aliphatic carbocycles. The van der Waals surface area contributed by atoms with Crippen LogP contribution in [0.5, 0.6) is 5.75 Å². The van der Waals surface area contributed by atoms with Crippen molar-refractivity contribution < 1.29 is 19.7 Å². The van der Waals surface area contributed by atoms with Crippen molar-refractivity contribution in [3.63, 3.8) is 0 Å². The van der Waals surface area contributed by atoms with Gasteiger partial charge in [0.25, 0.3) is 0 Å². The van der Waals surface area contributed by atoms with Crippen LogP contribution in [0.2, 0.25) is 0 Å². The van der Waals surface area contributed by atoms with Gasteiger partial charge in [0.15, 0.2) is 0 Å². The summed E-state index contributed by atoms with van der Waals surface area (Å²) in [5, 5.41) is 26.1. The Hall–Kier alpha value is -2.08. The molecule has 3 N–H and O–H groups in total. The largest absolute Gasteiger partial charge is 0.491 e. The molecule has 0 radical (unpaired) electrons. The lowest BCUT2D eigenvalue weighted by atomic mass is 10.0. The van der Waals surface area contributed by atoms with E-state index in [-0.39, 0.29) is 19.0 Å². The molecule has 20 heavy (non-hydrogen) atoms. The first-order valence-corrected chi connectivity index (χ1v) is 6.23. The Bertz CT molecular complexity index is 494. The third-order valence-corrected chi connectivity index (χ3v) is 2.55. The number of rotatable bonds is 4. The molecule has 6 heteroatoms. The van der Waals surface area contributed by atoms with Crippen molar-refractivity contribution in [2.75, 3.05) is 13.2 Å². The molecule has 0 unspecified atom stereocenters. The van der Waals surface area contributed by atoms with E-state index in [2.05, 4.69) is 0 Å². The second-order valence-corrected chi connectivity index (χ2v) is 5.24. The SMILES string of the molecule is CC(C)(C)N(C(=N)c1cccc(OCCO)c1)C(=O)O. The summed E-state index contributed by atoms with van der Waals surface area (Å²) < 4.78 is 5.26. The summed E-state index contributed by atoms with van der Waals surface area (Å²) in [5.74, 6) is 0.375. The predicted octanol–water partition coefficient (Wildman–Crippen LogP) is 2.16. The van der Waals surface area contributed by atoms with Gasteiger partial charge in [0, 0.05) is 11.1 Å². The first-order valence-electron chi connectivity index (χ1n) is 6.23. The van der Waals surface area contributed by atoms with Gasteiger partial charge in [-0.15, -0.1) is 0 Å². The van der Waals surface area contributed by atoms with E-state index in [0.29, 0.717) is 11.3 Å². The summed E-state index contributed by atoms with van der Waals surface area (Å²) in [6.07, 6.45) is -1.18. The van der Waals surface area contributed by atoms with E-state index in [4.69, 9.17) is 15.3 Å². The molecule has 0 aliphatic heterocycles. The second-order valence-electron chi connectivity index (χ2n) is 5.24. The first-order chi connectivity index (χ1) is 9.27. The number of nitrogens with one attached hydrogen (secondary N) is 1. The summed E-state index contributed by atoms with van der Waals surface area (Å²) in [6.45, 7) is 5.22. The van der Waals surface area contributed by atoms with Crippen molar-refractivity contribution in [1.29, 1.82) is 5.41 Å². The van der Waals surface area contributed by atoms with E-state index >= 15 is 0 Å². The van der Waals surface area contributed by atoms with Crippen molar-refractivity contribution in [2.45, 2.75) is 26.3 Å². The molecular formula is C14H20N2O4. The van der Waals surface area contributed by atoms with Gasteiger partial charge in [-0.25, -0.2) is 4.79 Å². The van der Waals surface area contributed by atoms with Crippen molar-refractivity contribution in [1.82, 2.24) is 4.90 Å². The molecule has 0 fully saturated rings. The van der Waals surface area contributed by atoms with Crippen LogP contribution in [0, 0.1) is 5.41 Å². The molecule has 1 amide bonds. The molecule has 0 saturated heterocycles. The molecule has 6 nitrogen and oxygen atoms in total. The minimum absolute atomic E-state index is 0.106. The average Bonchev–Trinajstić information content (AvgIpc) is 2.34. The van der Waals surface area contributed by atoms with Gasteiger partial charge >= 0.3 is 6.09 Å². The van der Waals surface area contributed by atoms with Crippen LogP contribution >= 0.6 is 0 Å². The summed E-state index contributed by atoms with van der Waals surface area (Å²) in [4.78, 5) is 12.3. The molecular weight excluding hydrogens is 260 g/mol. The molecule has 1 aromatic carbocycles. The van der Waals surface area contributed by atoms with Crippen molar-refractivity contribution >= 4 is 11.9 Å². The molecule has 0 spiro atoms. The zero-order chi connectivity index (χ0) is 15.3. The molecule has 1 aromatic rings. The van der Waals surface area contributed by atoms with Crippen molar-refractivity contribution in [2.24, 2.45) is 0 Å². The van der Waals surface area contributed by atoms with Crippen molar-refractivity contribution in [3.8, 4) is 5.75 Å². The van der Waals surface area contributed by atoms with Crippen LogP contribution in [0.3, 0.4) is 0 Å². The third-order valence-electron chi connectivity index (χ3n) is 2.55. The maximum atomic E-state index is 11.3. The number of ether oxygens (including phenoxy) is 1. The number of carbonyl (C=O) groups is 1. The molecule has 110 valence electrons. The zero-order valence-corrected chi connectivity index (χ0v) is 11.9. The van der Waals surface area contributed by atoms with Crippen LogP contribution in [-0.2, 0) is 0 Å². The van der Waals surface area contributed by atoms with Crippen LogP contribution < -0.4 is 4.74 Å². The second kappa shape index (κ2) is 6.38. The fourth-order valence-corrected chi connectivity index (χ4v) is 1.74. The fourth-order valence-electron chi connectivity index (χ4n) is 1.74. The number of hydrogen-bond acceptors (Lipinski definition) is 4. The Morgan fingerprint density at radius 1 is 1.40 bits per heavy atom. The van der Waals surface area contributed by atoms with Crippen LogP contribution in [0.1, 0.15) is 26.3 Å². The summed E-state index contributed by atoms with van der Waals surface area (Å²) in [7, 11) is 0. The van der Waals surface area contributed by atoms with Gasteiger partial charge in [-0.3, -0.25) is 10.3 Å². The van der Waals surface area contributed by atoms with Gasteiger partial charge in [-0.05, 0) is 32.9 Å². The highest BCUT2D eigenvalue weighted by atomic mass is 16.5. The molecule has 0 heterocycles. The zero-order valence-electron chi connectivity index (χ0n) is 11.9. The lowest BCUT2D eigenvalue weighted by molar-refractivity contribution is 0.140. The van der Waals surface area contributed by atoms with Crippen molar-refractivity contribution in [3.05, 3.63) is 29.8 Å². The molecule has 0 aromatic heterocycles. The fraction of sp³-hybridized carbons (Fsp3) is 0.429. The van der Waals surface area contributed by atoms with Gasteiger partial charge in [0.1, 0.15) is 18.2 Å². The number of amides is 1. The molecule has 0 aliphatic rings. The highest BCUT2D eigenvalue weighted by Gasteiger charge is 2.30. The number of aliphatic hydroxyl groups excluding tert-OH is 1. The minimum Gasteiger partial charge on any atom is -0.491 e. The number of amidine groups is 1. The van der Waals surface area contributed by atoms with Gasteiger partial charge in [-0.2, -0.15) is 0 Å². The highest BCUT2D eigenvalue weighted by molar-refractivity contribution is 6.04. The highest BCUT2D eigenvalue weighted by Crippen LogP contribution is 2.20. The van der Waals surface area contributed by atoms with Gasteiger partial charge in [-0.1, -0.05) is 12.1 Å². The number of benzene rings is 1. The predicted molar refractivity (Wildman–Crippen MR) is 75.5 cm³/mol. The maximum absolute atomic E-state index is 11.3. The average molecular weight is 280 g/mol. The van der Waals surface area contributed by atoms with E-state index in [9.17, 15) is 9.90 Å². The Kier molecular flexibility index (Phi) is 5.10. The number of nitrogens with zero attached hydrogens (tertiary/aromatic N) is 1. The summed E-state index contributed by atoms with van der Waals surface area (Å²) in [5.41, 5.74) is -0.275. The van der Waals surface area contributed by atoms with E-state index in [1.165, 1.54) is 0 Å². The van der Waals surface area contributed by atoms with Crippen LogP contribution in [0.15, 0.2) is 24.3 Å². The number of aliphatic hydroxyl groups is 1. The van der Waals surface area contributed by atoms with Crippen LogP contribution in [0.4, 0.5) is 4.79 Å². The maximum Gasteiger partial charge on any atom is 0.413 e. The Morgan fingerprint density at radius 2 is 2.05 bits per heavy atom. The number of carboxylic acid groups (broad SMARTS) is 1. The topological polar surface area (TPSA) is 93.9 Å². The van der Waals surface area contributed by atoms with E-state index < -0.39 is 11.6 Å². The van der Waals surface area contributed by atoms with E-state index in [1.54, 1.807) is 45.0 Å². The lowest BCUT2D eigenvalue weighted by Gasteiger charge is -2.33. The molecule has 0 bridgehead atoms. The monoisotopic (exact) mass is 280 g/mol. The van der Waals surface area contributed by atoms with E-state index in [0.717, 1.165) is 4.90 Å². The molecule has 1 rings (SSSR count). The molecule has 0 saturated carbocycles. The minimum atomic E-state index is -1.18. The Balaban J connectivity index is 3.04. The van der Waals surface area contributed by atoms with Crippen LogP contribution in [-0.4, -0.2) is 45.8 Å². The Labute approximate surface area is 118 Å².